The summed E-state index contributed by atoms with van der Waals surface area (Å²) in [6, 6.07) is -0.963. The molecule has 0 aromatic heterocycles. The van der Waals surface area contributed by atoms with E-state index in [2.05, 4.69) is 0 Å². The van der Waals surface area contributed by atoms with Crippen molar-refractivity contribution in [2.45, 2.75) is 38.8 Å². The van der Waals surface area contributed by atoms with Gasteiger partial charge in [-0.3, -0.25) is 9.59 Å². The van der Waals surface area contributed by atoms with Crippen molar-refractivity contribution < 1.29 is 14.3 Å². The van der Waals surface area contributed by atoms with Crippen LogP contribution >= 0.6 is 0 Å². The molecule has 0 rings (SSSR count). The van der Waals surface area contributed by atoms with Gasteiger partial charge in [0.1, 0.15) is 5.60 Å². The third-order valence-electron chi connectivity index (χ3n) is 1.17. The lowest BCUT2D eigenvalue weighted by molar-refractivity contribution is -0.156. The number of hydrogen-bond donors (Lipinski definition) is 2. The van der Waals surface area contributed by atoms with Crippen LogP contribution in [-0.2, 0) is 14.3 Å². The largest absolute Gasteiger partial charge is 0.460 e. The van der Waals surface area contributed by atoms with Crippen LogP contribution in [0.2, 0.25) is 0 Å². The van der Waals surface area contributed by atoms with Crippen LogP contribution in [0.3, 0.4) is 0 Å². The fraction of sp³-hybridized carbons (Fsp3) is 0.750. The highest BCUT2D eigenvalue weighted by Gasteiger charge is 2.20. The van der Waals surface area contributed by atoms with Crippen molar-refractivity contribution >= 4 is 11.9 Å². The van der Waals surface area contributed by atoms with Gasteiger partial charge >= 0.3 is 5.97 Å². The van der Waals surface area contributed by atoms with Crippen molar-refractivity contribution in [2.24, 2.45) is 11.5 Å². The van der Waals surface area contributed by atoms with Crippen molar-refractivity contribution in [1.82, 2.24) is 0 Å². The predicted molar refractivity (Wildman–Crippen MR) is 47.6 cm³/mol. The minimum atomic E-state index is -0.963. The minimum absolute atomic E-state index is 0.174. The van der Waals surface area contributed by atoms with Crippen molar-refractivity contribution in [2.75, 3.05) is 0 Å². The molecular formula is C8H16N2O3. The van der Waals surface area contributed by atoms with Gasteiger partial charge in [0.25, 0.3) is 0 Å². The van der Waals surface area contributed by atoms with Gasteiger partial charge in [-0.15, -0.1) is 0 Å². The summed E-state index contributed by atoms with van der Waals surface area (Å²) in [4.78, 5) is 21.6. The van der Waals surface area contributed by atoms with Gasteiger partial charge in [0, 0.05) is 0 Å². The number of ether oxygens (including phenoxy) is 1. The number of primary amides is 1. The molecule has 0 aliphatic rings. The van der Waals surface area contributed by atoms with Crippen molar-refractivity contribution in [3.63, 3.8) is 0 Å². The number of esters is 1. The van der Waals surface area contributed by atoms with E-state index >= 15 is 0 Å². The standard InChI is InChI=1S/C8H16N2O3/c1-8(2,3)13-6(11)4-5(9)7(10)12/h5H,4,9H2,1-3H3,(H2,10,12)/t5-/m1/s1. The van der Waals surface area contributed by atoms with Crippen molar-refractivity contribution in [3.05, 3.63) is 0 Å². The van der Waals surface area contributed by atoms with Gasteiger partial charge in [-0.1, -0.05) is 0 Å². The van der Waals surface area contributed by atoms with Crippen molar-refractivity contribution in [3.8, 4) is 0 Å². The zero-order chi connectivity index (χ0) is 10.6. The maximum absolute atomic E-state index is 11.1. The highest BCUT2D eigenvalue weighted by atomic mass is 16.6. The first kappa shape index (κ1) is 11.9. The van der Waals surface area contributed by atoms with Gasteiger partial charge in [0.05, 0.1) is 12.5 Å². The van der Waals surface area contributed by atoms with Gasteiger partial charge in [0.2, 0.25) is 5.91 Å². The van der Waals surface area contributed by atoms with Gasteiger partial charge < -0.3 is 16.2 Å². The van der Waals surface area contributed by atoms with Crippen LogP contribution in [0.4, 0.5) is 0 Å². The monoisotopic (exact) mass is 188 g/mol. The molecule has 5 nitrogen and oxygen atoms in total. The second-order valence-corrected chi connectivity index (χ2v) is 3.80. The van der Waals surface area contributed by atoms with Crippen LogP contribution < -0.4 is 11.5 Å². The average Bonchev–Trinajstić information content (AvgIpc) is 1.81. The summed E-state index contributed by atoms with van der Waals surface area (Å²) in [7, 11) is 0. The number of amides is 1. The first-order valence-corrected chi connectivity index (χ1v) is 3.99. The van der Waals surface area contributed by atoms with Crippen LogP contribution in [0.15, 0.2) is 0 Å². The SMILES string of the molecule is CC(C)(C)OC(=O)C[C@@H](N)C(N)=O. The van der Waals surface area contributed by atoms with Crippen LogP contribution in [0, 0.1) is 0 Å². The van der Waals surface area contributed by atoms with Crippen molar-refractivity contribution in [1.29, 1.82) is 0 Å². The maximum Gasteiger partial charge on any atom is 0.308 e. The van der Waals surface area contributed by atoms with E-state index in [1.54, 1.807) is 20.8 Å². The third kappa shape index (κ3) is 6.10. The summed E-state index contributed by atoms with van der Waals surface area (Å²) in [6.45, 7) is 5.21. The molecule has 0 saturated heterocycles. The number of nitrogens with two attached hydrogens (primary N) is 2. The zero-order valence-corrected chi connectivity index (χ0v) is 8.16. The minimum Gasteiger partial charge on any atom is -0.460 e. The van der Waals surface area contributed by atoms with E-state index in [0.29, 0.717) is 0 Å². The van der Waals surface area contributed by atoms with E-state index in [4.69, 9.17) is 16.2 Å². The summed E-state index contributed by atoms with van der Waals surface area (Å²) in [5.41, 5.74) is 9.58. The first-order valence-electron chi connectivity index (χ1n) is 3.99. The van der Waals surface area contributed by atoms with E-state index < -0.39 is 23.5 Å². The quantitative estimate of drug-likeness (QED) is 0.585. The van der Waals surface area contributed by atoms with Crippen LogP contribution in [0.25, 0.3) is 0 Å². The smallest absolute Gasteiger partial charge is 0.308 e. The lowest BCUT2D eigenvalue weighted by Crippen LogP contribution is -2.39. The van der Waals surface area contributed by atoms with Gasteiger partial charge in [-0.05, 0) is 20.8 Å². The fourth-order valence-electron chi connectivity index (χ4n) is 0.663. The van der Waals surface area contributed by atoms with Gasteiger partial charge in [-0.25, -0.2) is 0 Å². The Labute approximate surface area is 77.4 Å². The Balaban J connectivity index is 3.96. The molecule has 0 unspecified atom stereocenters. The zero-order valence-electron chi connectivity index (χ0n) is 8.16. The molecular weight excluding hydrogens is 172 g/mol. The number of carbonyl (C=O) groups excluding carboxylic acids is 2. The highest BCUT2D eigenvalue weighted by molar-refractivity contribution is 5.85. The summed E-state index contributed by atoms with van der Waals surface area (Å²) in [6.07, 6.45) is -0.174. The molecule has 0 spiro atoms. The Morgan fingerprint density at radius 3 is 2.15 bits per heavy atom. The predicted octanol–water partition coefficient (Wildman–Crippen LogP) is -0.469. The molecule has 0 heterocycles. The van der Waals surface area contributed by atoms with Crippen LogP contribution in [0.5, 0.6) is 0 Å². The molecule has 76 valence electrons. The lowest BCUT2D eigenvalue weighted by atomic mass is 10.1. The maximum atomic E-state index is 11.1. The molecule has 5 heteroatoms. The fourth-order valence-corrected chi connectivity index (χ4v) is 0.663. The summed E-state index contributed by atoms with van der Waals surface area (Å²) in [5, 5.41) is 0. The molecule has 0 fully saturated rings. The molecule has 0 aliphatic heterocycles. The Morgan fingerprint density at radius 1 is 1.38 bits per heavy atom. The van der Waals surface area contributed by atoms with E-state index in [9.17, 15) is 9.59 Å². The van der Waals surface area contributed by atoms with Crippen LogP contribution in [-0.4, -0.2) is 23.5 Å². The molecule has 0 aromatic rings. The second-order valence-electron chi connectivity index (χ2n) is 3.80. The van der Waals surface area contributed by atoms with E-state index in [1.807, 2.05) is 0 Å². The Hall–Kier alpha value is -1.10. The first-order chi connectivity index (χ1) is 5.72. The highest BCUT2D eigenvalue weighted by Crippen LogP contribution is 2.08. The summed E-state index contributed by atoms with van der Waals surface area (Å²) < 4.78 is 4.93. The second kappa shape index (κ2) is 4.23. The van der Waals surface area contributed by atoms with E-state index in [0.717, 1.165) is 0 Å². The molecule has 0 aromatic carbocycles. The topological polar surface area (TPSA) is 95.4 Å². The van der Waals surface area contributed by atoms with Gasteiger partial charge in [0.15, 0.2) is 0 Å². The molecule has 0 radical (unpaired) electrons. The number of rotatable bonds is 3. The molecule has 0 saturated carbocycles. The third-order valence-corrected chi connectivity index (χ3v) is 1.17. The Morgan fingerprint density at radius 2 is 1.85 bits per heavy atom. The van der Waals surface area contributed by atoms with Gasteiger partial charge in [-0.2, -0.15) is 0 Å². The normalized spacial score (nSPS) is 13.5. The number of carbonyl (C=O) groups is 2. The summed E-state index contributed by atoms with van der Waals surface area (Å²) >= 11 is 0. The molecule has 13 heavy (non-hydrogen) atoms. The average molecular weight is 188 g/mol. The molecule has 0 aliphatic carbocycles. The Kier molecular flexibility index (Phi) is 3.87. The number of hydrogen-bond acceptors (Lipinski definition) is 4. The molecule has 1 amide bonds. The van der Waals surface area contributed by atoms with Crippen LogP contribution in [0.1, 0.15) is 27.2 Å². The summed E-state index contributed by atoms with van der Waals surface area (Å²) in [5.74, 6) is -1.22. The van der Waals surface area contributed by atoms with E-state index in [1.165, 1.54) is 0 Å². The molecule has 0 bridgehead atoms. The molecule has 1 atom stereocenters. The van der Waals surface area contributed by atoms with E-state index in [-0.39, 0.29) is 6.42 Å². The molecule has 4 N–H and O–H groups in total. The Bertz CT molecular complexity index is 208. The lowest BCUT2D eigenvalue weighted by Gasteiger charge is -2.20.